The number of rotatable bonds is 20. The van der Waals surface area contributed by atoms with E-state index >= 15 is 0 Å². The molecule has 19 nitrogen and oxygen atoms in total. The number of carbonyl (C=O) groups is 8. The Hall–Kier alpha value is -10.6. The second kappa shape index (κ2) is 28.8. The molecule has 0 amide bonds. The van der Waals surface area contributed by atoms with Gasteiger partial charge in [-0.2, -0.15) is 0 Å². The van der Waals surface area contributed by atoms with Crippen molar-refractivity contribution in [2.45, 2.75) is 61.4 Å². The van der Waals surface area contributed by atoms with E-state index in [0.29, 0.717) is 0 Å². The van der Waals surface area contributed by atoms with Crippen molar-refractivity contribution < 1.29 is 90.5 Å². The van der Waals surface area contributed by atoms with Gasteiger partial charge in [0.2, 0.25) is 12.4 Å². The Balaban J connectivity index is 1.14. The van der Waals surface area contributed by atoms with E-state index in [2.05, 4.69) is 0 Å². The molecule has 0 spiro atoms. The van der Waals surface area contributed by atoms with E-state index in [9.17, 15) is 38.4 Å². The van der Waals surface area contributed by atoms with Gasteiger partial charge in [0.05, 0.1) is 44.5 Å². The Morgan fingerprint density at radius 3 is 0.770 bits per heavy atom. The summed E-state index contributed by atoms with van der Waals surface area (Å²) in [7, 11) is 0. The van der Waals surface area contributed by atoms with Gasteiger partial charge in [-0.25, -0.2) is 38.4 Å². The van der Waals surface area contributed by atoms with Crippen molar-refractivity contribution in [1.29, 1.82) is 0 Å². The minimum absolute atomic E-state index is 0.00860. The SMILES string of the molecule is O=C(OC[C@H]1O[C@@H](O[C@H]2[C@H](OC(=O)c3ccccc3)[C@H](OC(=O)c3ccccc3)[C@@H](OC(=O)c3ccccc3)O[C@@H]2COC(=O)c2ccccc2)[C@H](OC(=O)c2ccccc2)[C@@H](OC(=O)c2ccccc2)[C@H]1OC(=O)c1ccccc1)c1ccccc1. The first kappa shape index (κ1) is 59.6. The molecule has 0 unspecified atom stereocenters. The van der Waals surface area contributed by atoms with Gasteiger partial charge in [-0.1, -0.05) is 146 Å². The molecule has 0 radical (unpaired) electrons. The molecule has 2 heterocycles. The van der Waals surface area contributed by atoms with Gasteiger partial charge in [0, 0.05) is 0 Å². The highest BCUT2D eigenvalue weighted by Gasteiger charge is 2.59. The largest absolute Gasteiger partial charge is 0.459 e. The van der Waals surface area contributed by atoms with E-state index in [1.54, 1.807) is 146 Å². The van der Waals surface area contributed by atoms with E-state index < -0.39 is 122 Å². The molecule has 0 aromatic heterocycles. The van der Waals surface area contributed by atoms with E-state index in [0.717, 1.165) is 0 Å². The molecular formula is C68H54O19. The molecule has 19 heteroatoms. The lowest BCUT2D eigenvalue weighted by molar-refractivity contribution is -0.351. The zero-order chi connectivity index (χ0) is 60.5. The molecule has 0 saturated carbocycles. The summed E-state index contributed by atoms with van der Waals surface area (Å²) in [5.74, 6) is -7.88. The van der Waals surface area contributed by atoms with Gasteiger partial charge in [-0.3, -0.25) is 0 Å². The van der Waals surface area contributed by atoms with Crippen LogP contribution in [0.15, 0.2) is 243 Å². The van der Waals surface area contributed by atoms with Crippen molar-refractivity contribution in [2.24, 2.45) is 0 Å². The van der Waals surface area contributed by atoms with Crippen LogP contribution in [0, 0.1) is 0 Å². The van der Waals surface area contributed by atoms with Crippen LogP contribution in [0.1, 0.15) is 82.9 Å². The van der Waals surface area contributed by atoms with Crippen molar-refractivity contribution in [3.05, 3.63) is 287 Å². The fourth-order valence-corrected chi connectivity index (χ4v) is 9.42. The van der Waals surface area contributed by atoms with E-state index in [1.165, 1.54) is 97.1 Å². The van der Waals surface area contributed by atoms with Crippen LogP contribution in [-0.4, -0.2) is 122 Å². The van der Waals surface area contributed by atoms with Crippen molar-refractivity contribution in [3.8, 4) is 0 Å². The number of hydrogen-bond donors (Lipinski definition) is 0. The minimum atomic E-state index is -2.13. The number of esters is 8. The quantitative estimate of drug-likeness (QED) is 0.0510. The molecule has 8 aromatic rings. The second-order valence-corrected chi connectivity index (χ2v) is 19.6. The lowest BCUT2D eigenvalue weighted by Crippen LogP contribution is -2.67. The van der Waals surface area contributed by atoms with Gasteiger partial charge in [-0.05, 0) is 97.1 Å². The Kier molecular flexibility index (Phi) is 19.7. The summed E-state index contributed by atoms with van der Waals surface area (Å²) in [6.45, 7) is -1.58. The highest BCUT2D eigenvalue weighted by atomic mass is 16.8. The maximum atomic E-state index is 14.7. The second-order valence-electron chi connectivity index (χ2n) is 19.6. The lowest BCUT2D eigenvalue weighted by Gasteiger charge is -2.48. The third-order valence-corrected chi connectivity index (χ3v) is 13.7. The molecule has 10 atom stereocenters. The van der Waals surface area contributed by atoms with Gasteiger partial charge in [-0.15, -0.1) is 0 Å². The van der Waals surface area contributed by atoms with Crippen molar-refractivity contribution in [3.63, 3.8) is 0 Å². The summed E-state index contributed by atoms with van der Waals surface area (Å²) in [6, 6.07) is 61.7. The monoisotopic (exact) mass is 1170 g/mol. The Morgan fingerprint density at radius 1 is 0.241 bits per heavy atom. The summed E-state index contributed by atoms with van der Waals surface area (Å²) in [5.41, 5.74) is 0.168. The average molecular weight is 1180 g/mol. The van der Waals surface area contributed by atoms with Crippen LogP contribution in [0.5, 0.6) is 0 Å². The minimum Gasteiger partial charge on any atom is -0.459 e. The van der Waals surface area contributed by atoms with Gasteiger partial charge in [0.15, 0.2) is 30.7 Å². The van der Waals surface area contributed by atoms with E-state index in [-0.39, 0.29) is 44.5 Å². The van der Waals surface area contributed by atoms with Gasteiger partial charge >= 0.3 is 47.8 Å². The predicted molar refractivity (Wildman–Crippen MR) is 306 cm³/mol. The van der Waals surface area contributed by atoms with Gasteiger partial charge < -0.3 is 52.1 Å². The highest BCUT2D eigenvalue weighted by Crippen LogP contribution is 2.37. The normalized spacial score (nSPS) is 21.3. The van der Waals surface area contributed by atoms with Crippen LogP contribution >= 0.6 is 0 Å². The third kappa shape index (κ3) is 15.2. The standard InChI is InChI=1S/C68H54O19/c69-59(43-25-9-1-10-26-43)77-41-51-53(81-61(71)45-29-13-3-14-30-45)55(82-62(72)46-31-15-4-16-32-46)57(84-64(74)48-35-19-6-20-36-48)67(79-51)86-54-52(42-78-60(70)44-27-11-2-12-28-44)80-68(87-66(76)50-39-23-8-24-40-50)58(85-65(75)49-37-21-7-22-38-49)56(54)83-63(73)47-33-17-5-18-34-47/h1-40,51-58,67-68H,41-42H2/t51-,52-,53+,54-,55+,56+,57-,58+,67+,68-/m1/s1. The van der Waals surface area contributed by atoms with Crippen LogP contribution in [0.4, 0.5) is 0 Å². The maximum absolute atomic E-state index is 14.7. The summed E-state index contributed by atoms with van der Waals surface area (Å²) in [4.78, 5) is 115. The molecule has 10 rings (SSSR count). The van der Waals surface area contributed by atoms with Gasteiger partial charge in [0.25, 0.3) is 0 Å². The Morgan fingerprint density at radius 2 is 0.460 bits per heavy atom. The fraction of sp³-hybridized carbons (Fsp3) is 0.176. The molecule has 440 valence electrons. The van der Waals surface area contributed by atoms with E-state index in [4.69, 9.17) is 52.1 Å². The number of hydrogen-bond acceptors (Lipinski definition) is 19. The molecular weight excluding hydrogens is 1120 g/mol. The van der Waals surface area contributed by atoms with Crippen LogP contribution in [0.3, 0.4) is 0 Å². The average Bonchev–Trinajstić information content (AvgIpc) is 3.65. The molecule has 2 fully saturated rings. The van der Waals surface area contributed by atoms with Crippen molar-refractivity contribution in [2.75, 3.05) is 13.2 Å². The first-order valence-electron chi connectivity index (χ1n) is 27.4. The van der Waals surface area contributed by atoms with E-state index in [1.807, 2.05) is 0 Å². The summed E-state index contributed by atoms with van der Waals surface area (Å²) >= 11 is 0. The fourth-order valence-electron chi connectivity index (χ4n) is 9.42. The third-order valence-electron chi connectivity index (χ3n) is 13.7. The summed E-state index contributed by atoms with van der Waals surface area (Å²) in [5, 5.41) is 0. The first-order chi connectivity index (χ1) is 42.5. The molecule has 8 aromatic carbocycles. The van der Waals surface area contributed by atoms with Crippen molar-refractivity contribution in [1.82, 2.24) is 0 Å². The van der Waals surface area contributed by atoms with Crippen LogP contribution in [0.2, 0.25) is 0 Å². The molecule has 0 N–H and O–H groups in total. The Labute approximate surface area is 498 Å². The van der Waals surface area contributed by atoms with Crippen LogP contribution in [-0.2, 0) is 52.1 Å². The predicted octanol–water partition coefficient (Wildman–Crippen LogP) is 9.52. The van der Waals surface area contributed by atoms with Crippen LogP contribution in [0.25, 0.3) is 0 Å². The molecule has 87 heavy (non-hydrogen) atoms. The zero-order valence-corrected chi connectivity index (χ0v) is 46.0. The zero-order valence-electron chi connectivity index (χ0n) is 46.0. The molecule has 2 aliphatic heterocycles. The molecule has 2 saturated heterocycles. The summed E-state index contributed by atoms with van der Waals surface area (Å²) in [6.07, 6.45) is -19.4. The number of benzene rings is 8. The smallest absolute Gasteiger partial charge is 0.340 e. The topological polar surface area (TPSA) is 238 Å². The summed E-state index contributed by atoms with van der Waals surface area (Å²) < 4.78 is 69.7. The van der Waals surface area contributed by atoms with Crippen LogP contribution < -0.4 is 0 Å². The number of carbonyl (C=O) groups excluding carboxylic acids is 8. The first-order valence-corrected chi connectivity index (χ1v) is 27.4. The van der Waals surface area contributed by atoms with Crippen molar-refractivity contribution >= 4 is 47.8 Å². The maximum Gasteiger partial charge on any atom is 0.340 e. The number of ether oxygens (including phenoxy) is 11. The molecule has 0 bridgehead atoms. The molecule has 0 aliphatic carbocycles. The van der Waals surface area contributed by atoms with Gasteiger partial charge in [0.1, 0.15) is 31.5 Å². The lowest BCUT2D eigenvalue weighted by atomic mass is 9.95. The Bertz CT molecular complexity index is 3620. The highest BCUT2D eigenvalue weighted by molar-refractivity contribution is 5.93. The molecule has 2 aliphatic rings.